The van der Waals surface area contributed by atoms with Gasteiger partial charge in [0.25, 0.3) is 0 Å². The van der Waals surface area contributed by atoms with E-state index in [0.29, 0.717) is 0 Å². The molecule has 0 aliphatic heterocycles. The molecule has 0 aliphatic carbocycles. The third-order valence-electron chi connectivity index (χ3n) is 1.85. The van der Waals surface area contributed by atoms with Crippen molar-refractivity contribution in [2.24, 2.45) is 22.2 Å². The number of sulfonamides is 1. The summed E-state index contributed by atoms with van der Waals surface area (Å²) >= 11 is 0. The van der Waals surface area contributed by atoms with E-state index >= 15 is 0 Å². The van der Waals surface area contributed by atoms with Crippen LogP contribution in [0.5, 0.6) is 0 Å². The SMILES string of the molecule is CC(CNS(=O)(=O)CC(C)(C)C)C(N)=NO. The summed E-state index contributed by atoms with van der Waals surface area (Å²) < 4.78 is 25.6. The highest BCUT2D eigenvalue weighted by atomic mass is 32.2. The number of rotatable bonds is 5. The Hall–Kier alpha value is -0.820. The molecule has 0 aliphatic rings. The molecule has 0 radical (unpaired) electrons. The van der Waals surface area contributed by atoms with Crippen LogP contribution in [0.1, 0.15) is 27.7 Å². The first kappa shape index (κ1) is 15.2. The fraction of sp³-hybridized carbons (Fsp3) is 0.889. The molecular weight excluding hydrogens is 230 g/mol. The molecule has 0 aromatic rings. The van der Waals surface area contributed by atoms with E-state index in [0.717, 1.165) is 0 Å². The Morgan fingerprint density at radius 1 is 1.50 bits per heavy atom. The number of hydrogen-bond donors (Lipinski definition) is 3. The fourth-order valence-corrected chi connectivity index (χ4v) is 2.82. The summed E-state index contributed by atoms with van der Waals surface area (Å²) in [5, 5.41) is 11.2. The number of amidine groups is 1. The summed E-state index contributed by atoms with van der Waals surface area (Å²) in [6.45, 7) is 7.35. The lowest BCUT2D eigenvalue weighted by Crippen LogP contribution is -2.38. The van der Waals surface area contributed by atoms with Crippen molar-refractivity contribution >= 4 is 15.9 Å². The zero-order valence-corrected chi connectivity index (χ0v) is 11.0. The largest absolute Gasteiger partial charge is 0.409 e. The molecule has 1 unspecified atom stereocenters. The second-order valence-electron chi connectivity index (χ2n) is 5.09. The van der Waals surface area contributed by atoms with Gasteiger partial charge in [-0.3, -0.25) is 0 Å². The molecule has 0 saturated carbocycles. The van der Waals surface area contributed by atoms with Gasteiger partial charge in [-0.1, -0.05) is 32.9 Å². The van der Waals surface area contributed by atoms with Crippen molar-refractivity contribution in [3.05, 3.63) is 0 Å². The molecule has 0 heterocycles. The zero-order valence-electron chi connectivity index (χ0n) is 10.2. The van der Waals surface area contributed by atoms with Crippen molar-refractivity contribution in [1.82, 2.24) is 4.72 Å². The van der Waals surface area contributed by atoms with E-state index in [9.17, 15) is 8.42 Å². The van der Waals surface area contributed by atoms with E-state index in [4.69, 9.17) is 10.9 Å². The van der Waals surface area contributed by atoms with E-state index in [-0.39, 0.29) is 29.5 Å². The molecule has 0 aromatic heterocycles. The van der Waals surface area contributed by atoms with E-state index in [1.807, 2.05) is 20.8 Å². The molecular formula is C9H21N3O3S. The molecule has 0 bridgehead atoms. The lowest BCUT2D eigenvalue weighted by atomic mass is 10.0. The van der Waals surface area contributed by atoms with Gasteiger partial charge in [-0.05, 0) is 5.41 Å². The first-order valence-electron chi connectivity index (χ1n) is 5.02. The van der Waals surface area contributed by atoms with E-state index < -0.39 is 10.0 Å². The van der Waals surface area contributed by atoms with E-state index in [2.05, 4.69) is 9.88 Å². The Kier molecular flexibility index (Phi) is 5.21. The van der Waals surface area contributed by atoms with Crippen molar-refractivity contribution in [1.29, 1.82) is 0 Å². The Labute approximate surface area is 97.0 Å². The third kappa shape index (κ3) is 6.62. The second kappa shape index (κ2) is 5.49. The van der Waals surface area contributed by atoms with Crippen molar-refractivity contribution < 1.29 is 13.6 Å². The van der Waals surface area contributed by atoms with Gasteiger partial charge in [0, 0.05) is 12.5 Å². The van der Waals surface area contributed by atoms with Crippen LogP contribution >= 0.6 is 0 Å². The lowest BCUT2D eigenvalue weighted by molar-refractivity contribution is 0.314. The van der Waals surface area contributed by atoms with Gasteiger partial charge in [-0.25, -0.2) is 13.1 Å². The number of nitrogens with zero attached hydrogens (tertiary/aromatic N) is 1. The van der Waals surface area contributed by atoms with Crippen LogP contribution in [0.25, 0.3) is 0 Å². The van der Waals surface area contributed by atoms with E-state index in [1.54, 1.807) is 6.92 Å². The van der Waals surface area contributed by atoms with Crippen molar-refractivity contribution in [3.8, 4) is 0 Å². The van der Waals surface area contributed by atoms with Gasteiger partial charge in [-0.2, -0.15) is 0 Å². The van der Waals surface area contributed by atoms with Crippen LogP contribution in [0.2, 0.25) is 0 Å². The lowest BCUT2D eigenvalue weighted by Gasteiger charge is -2.19. The van der Waals surface area contributed by atoms with Gasteiger partial charge in [0.1, 0.15) is 5.84 Å². The summed E-state index contributed by atoms with van der Waals surface area (Å²) in [6, 6.07) is 0. The Morgan fingerprint density at radius 3 is 2.38 bits per heavy atom. The number of nitrogens with one attached hydrogen (secondary N) is 1. The highest BCUT2D eigenvalue weighted by Gasteiger charge is 2.22. The topological polar surface area (TPSA) is 105 Å². The van der Waals surface area contributed by atoms with Gasteiger partial charge in [0.15, 0.2) is 0 Å². The molecule has 0 spiro atoms. The molecule has 6 nitrogen and oxygen atoms in total. The summed E-state index contributed by atoms with van der Waals surface area (Å²) in [7, 11) is -3.32. The van der Waals surface area contributed by atoms with Gasteiger partial charge >= 0.3 is 0 Å². The minimum Gasteiger partial charge on any atom is -0.409 e. The monoisotopic (exact) mass is 251 g/mol. The summed E-state index contributed by atoms with van der Waals surface area (Å²) in [6.07, 6.45) is 0. The average molecular weight is 251 g/mol. The summed E-state index contributed by atoms with van der Waals surface area (Å²) in [4.78, 5) is 0. The van der Waals surface area contributed by atoms with Crippen LogP contribution in [0, 0.1) is 11.3 Å². The smallest absolute Gasteiger partial charge is 0.212 e. The number of oxime groups is 1. The fourth-order valence-electron chi connectivity index (χ4n) is 1.08. The van der Waals surface area contributed by atoms with Crippen LogP contribution < -0.4 is 10.5 Å². The maximum atomic E-state index is 11.6. The molecule has 1 atom stereocenters. The molecule has 4 N–H and O–H groups in total. The molecule has 0 amide bonds. The quantitative estimate of drug-likeness (QED) is 0.283. The average Bonchev–Trinajstić information content (AvgIpc) is 2.09. The summed E-state index contributed by atoms with van der Waals surface area (Å²) in [5.41, 5.74) is 5.04. The first-order chi connectivity index (χ1) is 7.07. The molecule has 0 saturated heterocycles. The Bertz CT molecular complexity index is 344. The highest BCUT2D eigenvalue weighted by Crippen LogP contribution is 2.15. The molecule has 0 fully saturated rings. The van der Waals surface area contributed by atoms with Crippen molar-refractivity contribution in [2.75, 3.05) is 12.3 Å². The second-order valence-corrected chi connectivity index (χ2v) is 6.90. The molecule has 0 rings (SSSR count). The molecule has 0 aromatic carbocycles. The van der Waals surface area contributed by atoms with Crippen LogP contribution in [-0.4, -0.2) is 31.8 Å². The number of hydrogen-bond acceptors (Lipinski definition) is 4. The maximum Gasteiger partial charge on any atom is 0.212 e. The Morgan fingerprint density at radius 2 is 2.00 bits per heavy atom. The minimum atomic E-state index is -3.32. The standard InChI is InChI=1S/C9H21N3O3S/c1-7(8(10)12-13)5-11-16(14,15)6-9(2,3)4/h7,11,13H,5-6H2,1-4H3,(H2,10,12). The van der Waals surface area contributed by atoms with Gasteiger partial charge in [-0.15, -0.1) is 0 Å². The van der Waals surface area contributed by atoms with Crippen molar-refractivity contribution in [2.45, 2.75) is 27.7 Å². The summed E-state index contributed by atoms with van der Waals surface area (Å²) in [5.74, 6) is -0.277. The third-order valence-corrected chi connectivity index (χ3v) is 3.71. The zero-order chi connectivity index (χ0) is 13.0. The van der Waals surface area contributed by atoms with Gasteiger partial charge in [0.2, 0.25) is 10.0 Å². The predicted molar refractivity (Wildman–Crippen MR) is 63.8 cm³/mol. The first-order valence-corrected chi connectivity index (χ1v) is 6.67. The van der Waals surface area contributed by atoms with Crippen LogP contribution in [0.3, 0.4) is 0 Å². The molecule has 96 valence electrons. The highest BCUT2D eigenvalue weighted by molar-refractivity contribution is 7.89. The predicted octanol–water partition coefficient (Wildman–Crippen LogP) is 0.334. The molecule has 16 heavy (non-hydrogen) atoms. The van der Waals surface area contributed by atoms with E-state index in [1.165, 1.54) is 0 Å². The van der Waals surface area contributed by atoms with Gasteiger partial charge in [0.05, 0.1) is 5.75 Å². The maximum absolute atomic E-state index is 11.6. The van der Waals surface area contributed by atoms with Gasteiger partial charge < -0.3 is 10.9 Å². The van der Waals surface area contributed by atoms with Crippen molar-refractivity contribution in [3.63, 3.8) is 0 Å². The minimum absolute atomic E-state index is 0.0125. The normalized spacial score (nSPS) is 16.1. The van der Waals surface area contributed by atoms with Crippen LogP contribution in [0.15, 0.2) is 5.16 Å². The van der Waals surface area contributed by atoms with Crippen LogP contribution in [0.4, 0.5) is 0 Å². The Balaban J connectivity index is 4.31. The number of nitrogens with two attached hydrogens (primary N) is 1. The van der Waals surface area contributed by atoms with Crippen LogP contribution in [-0.2, 0) is 10.0 Å². The molecule has 7 heteroatoms.